The van der Waals surface area contributed by atoms with Crippen LogP contribution in [0.4, 0.5) is 0 Å². The van der Waals surface area contributed by atoms with Gasteiger partial charge in [0.15, 0.2) is 0 Å². The minimum atomic E-state index is 0.365. The Labute approximate surface area is 76.9 Å². The first-order valence-electron chi connectivity index (χ1n) is 4.34. The van der Waals surface area contributed by atoms with Crippen molar-refractivity contribution in [3.05, 3.63) is 30.5 Å². The smallest absolute Gasteiger partial charge is 0.131 e. The van der Waals surface area contributed by atoms with Gasteiger partial charge in [0.2, 0.25) is 0 Å². The van der Waals surface area contributed by atoms with Gasteiger partial charge < -0.3 is 0 Å². The Kier molecular flexibility index (Phi) is 1.93. The molecule has 0 N–H and O–H groups in total. The molecule has 2 heterocycles. The van der Waals surface area contributed by atoms with Crippen LogP contribution in [0.2, 0.25) is 0 Å². The molecule has 0 bridgehead atoms. The molecule has 0 unspecified atom stereocenters. The summed E-state index contributed by atoms with van der Waals surface area (Å²) in [6.45, 7) is 4.16. The van der Waals surface area contributed by atoms with Gasteiger partial charge in [-0.05, 0) is 6.07 Å². The first-order valence-corrected chi connectivity index (χ1v) is 4.34. The van der Waals surface area contributed by atoms with E-state index in [9.17, 15) is 0 Å². The zero-order chi connectivity index (χ0) is 9.26. The van der Waals surface area contributed by atoms with Gasteiger partial charge in [-0.2, -0.15) is 0 Å². The van der Waals surface area contributed by atoms with Gasteiger partial charge in [0.05, 0.1) is 11.7 Å². The Balaban J connectivity index is 2.62. The fourth-order valence-corrected chi connectivity index (χ4v) is 1.17. The molecule has 0 radical (unpaired) electrons. The molecular formula is C10H11N3. The van der Waals surface area contributed by atoms with Crippen LogP contribution in [0.5, 0.6) is 0 Å². The molecule has 2 aromatic heterocycles. The van der Waals surface area contributed by atoms with Crippen molar-refractivity contribution in [2.75, 3.05) is 0 Å². The Morgan fingerprint density at radius 1 is 1.23 bits per heavy atom. The summed E-state index contributed by atoms with van der Waals surface area (Å²) in [5, 5.41) is 1.04. The number of nitrogens with zero attached hydrogens (tertiary/aromatic N) is 3. The zero-order valence-corrected chi connectivity index (χ0v) is 7.73. The highest BCUT2D eigenvalue weighted by atomic mass is 14.9. The number of hydrogen-bond donors (Lipinski definition) is 0. The lowest BCUT2D eigenvalue weighted by Gasteiger charge is -2.03. The average molecular weight is 173 g/mol. The van der Waals surface area contributed by atoms with Crippen molar-refractivity contribution < 1.29 is 0 Å². The van der Waals surface area contributed by atoms with E-state index in [1.807, 2.05) is 12.3 Å². The lowest BCUT2D eigenvalue weighted by atomic mass is 10.2. The van der Waals surface area contributed by atoms with Crippen LogP contribution in [0.3, 0.4) is 0 Å². The van der Waals surface area contributed by atoms with E-state index in [2.05, 4.69) is 28.8 Å². The summed E-state index contributed by atoms with van der Waals surface area (Å²) in [4.78, 5) is 12.7. The van der Waals surface area contributed by atoms with Crippen LogP contribution in [-0.2, 0) is 0 Å². The highest BCUT2D eigenvalue weighted by Crippen LogP contribution is 2.13. The second kappa shape index (κ2) is 3.09. The predicted octanol–water partition coefficient (Wildman–Crippen LogP) is 2.15. The van der Waals surface area contributed by atoms with Gasteiger partial charge in [0, 0.05) is 23.7 Å². The van der Waals surface area contributed by atoms with Crippen LogP contribution in [0.25, 0.3) is 10.9 Å². The quantitative estimate of drug-likeness (QED) is 0.663. The second-order valence-corrected chi connectivity index (χ2v) is 3.32. The van der Waals surface area contributed by atoms with Gasteiger partial charge in [-0.15, -0.1) is 0 Å². The molecule has 0 saturated carbocycles. The molecule has 3 nitrogen and oxygen atoms in total. The van der Waals surface area contributed by atoms with Crippen LogP contribution >= 0.6 is 0 Å². The van der Waals surface area contributed by atoms with Crippen molar-refractivity contribution >= 4 is 10.9 Å². The maximum absolute atomic E-state index is 4.40. The SMILES string of the molecule is CC(C)c1ncc2ccncc2n1. The number of rotatable bonds is 1. The third-order valence-corrected chi connectivity index (χ3v) is 1.92. The Bertz CT molecular complexity index is 423. The van der Waals surface area contributed by atoms with Gasteiger partial charge in [-0.1, -0.05) is 13.8 Å². The first-order chi connectivity index (χ1) is 6.27. The minimum absolute atomic E-state index is 0.365. The van der Waals surface area contributed by atoms with Crippen molar-refractivity contribution in [2.45, 2.75) is 19.8 Å². The van der Waals surface area contributed by atoms with E-state index >= 15 is 0 Å². The Morgan fingerprint density at radius 2 is 2.08 bits per heavy atom. The molecule has 0 aliphatic carbocycles. The molecule has 2 rings (SSSR count). The van der Waals surface area contributed by atoms with Crippen LogP contribution in [0.15, 0.2) is 24.7 Å². The number of pyridine rings is 1. The van der Waals surface area contributed by atoms with Crippen molar-refractivity contribution in [3.63, 3.8) is 0 Å². The molecule has 66 valence electrons. The molecule has 0 aliphatic rings. The van der Waals surface area contributed by atoms with E-state index in [4.69, 9.17) is 0 Å². The average Bonchev–Trinajstić information content (AvgIpc) is 2.17. The molecule has 13 heavy (non-hydrogen) atoms. The van der Waals surface area contributed by atoms with E-state index in [0.29, 0.717) is 5.92 Å². The topological polar surface area (TPSA) is 38.7 Å². The molecule has 0 amide bonds. The fraction of sp³-hybridized carbons (Fsp3) is 0.300. The lowest BCUT2D eigenvalue weighted by molar-refractivity contribution is 0.782. The molecule has 0 spiro atoms. The summed E-state index contributed by atoms with van der Waals surface area (Å²) in [7, 11) is 0. The van der Waals surface area contributed by atoms with E-state index in [1.54, 1.807) is 12.4 Å². The molecule has 0 aliphatic heterocycles. The van der Waals surface area contributed by atoms with Crippen LogP contribution in [-0.4, -0.2) is 15.0 Å². The standard InChI is InChI=1S/C10H11N3/c1-7(2)10-12-5-8-3-4-11-6-9(8)13-10/h3-7H,1-2H3. The van der Waals surface area contributed by atoms with E-state index in [0.717, 1.165) is 16.7 Å². The molecule has 0 atom stereocenters. The number of aromatic nitrogens is 3. The summed E-state index contributed by atoms with van der Waals surface area (Å²) in [6.07, 6.45) is 5.36. The van der Waals surface area contributed by atoms with Gasteiger partial charge in [0.1, 0.15) is 5.82 Å². The third kappa shape index (κ3) is 1.49. The Morgan fingerprint density at radius 3 is 2.85 bits per heavy atom. The van der Waals surface area contributed by atoms with Crippen LogP contribution < -0.4 is 0 Å². The monoisotopic (exact) mass is 173 g/mol. The summed E-state index contributed by atoms with van der Waals surface area (Å²) < 4.78 is 0. The number of hydrogen-bond acceptors (Lipinski definition) is 3. The third-order valence-electron chi connectivity index (χ3n) is 1.92. The summed E-state index contributed by atoms with van der Waals surface area (Å²) >= 11 is 0. The highest BCUT2D eigenvalue weighted by molar-refractivity contribution is 5.76. The van der Waals surface area contributed by atoms with Gasteiger partial charge in [-0.3, -0.25) is 4.98 Å². The lowest BCUT2D eigenvalue weighted by Crippen LogP contribution is -1.96. The summed E-state index contributed by atoms with van der Waals surface area (Å²) in [5.41, 5.74) is 0.918. The highest BCUT2D eigenvalue weighted by Gasteiger charge is 2.02. The maximum Gasteiger partial charge on any atom is 0.131 e. The van der Waals surface area contributed by atoms with Crippen molar-refractivity contribution in [1.82, 2.24) is 15.0 Å². The molecular weight excluding hydrogens is 162 g/mol. The molecule has 0 aromatic carbocycles. The summed E-state index contributed by atoms with van der Waals surface area (Å²) in [5.74, 6) is 1.24. The van der Waals surface area contributed by atoms with Gasteiger partial charge >= 0.3 is 0 Å². The zero-order valence-electron chi connectivity index (χ0n) is 7.73. The van der Waals surface area contributed by atoms with Gasteiger partial charge in [0.25, 0.3) is 0 Å². The summed E-state index contributed by atoms with van der Waals surface area (Å²) in [6, 6.07) is 1.92. The van der Waals surface area contributed by atoms with E-state index in [-0.39, 0.29) is 0 Å². The van der Waals surface area contributed by atoms with Crippen LogP contribution in [0.1, 0.15) is 25.6 Å². The largest absolute Gasteiger partial charge is 0.262 e. The second-order valence-electron chi connectivity index (χ2n) is 3.32. The van der Waals surface area contributed by atoms with Gasteiger partial charge in [-0.25, -0.2) is 9.97 Å². The maximum atomic E-state index is 4.40. The van der Waals surface area contributed by atoms with Crippen molar-refractivity contribution in [1.29, 1.82) is 0 Å². The number of fused-ring (bicyclic) bond motifs is 1. The molecule has 0 saturated heterocycles. The molecule has 2 aromatic rings. The van der Waals surface area contributed by atoms with Crippen LogP contribution in [0, 0.1) is 0 Å². The fourth-order valence-electron chi connectivity index (χ4n) is 1.17. The molecule has 0 fully saturated rings. The van der Waals surface area contributed by atoms with E-state index in [1.165, 1.54) is 0 Å². The predicted molar refractivity (Wildman–Crippen MR) is 51.4 cm³/mol. The minimum Gasteiger partial charge on any atom is -0.262 e. The van der Waals surface area contributed by atoms with Crippen molar-refractivity contribution in [3.8, 4) is 0 Å². The Hall–Kier alpha value is -1.51. The van der Waals surface area contributed by atoms with Crippen molar-refractivity contribution in [2.24, 2.45) is 0 Å². The normalized spacial score (nSPS) is 11.0. The first kappa shape index (κ1) is 8.10. The van der Waals surface area contributed by atoms with E-state index < -0.39 is 0 Å². The molecule has 3 heteroatoms.